The van der Waals surface area contributed by atoms with Crippen molar-refractivity contribution in [3.63, 3.8) is 0 Å². The third-order valence-electron chi connectivity index (χ3n) is 6.06. The van der Waals surface area contributed by atoms with E-state index in [0.717, 1.165) is 44.1 Å². The van der Waals surface area contributed by atoms with Crippen LogP contribution in [0.2, 0.25) is 0 Å². The van der Waals surface area contributed by atoms with Gasteiger partial charge < -0.3 is 9.84 Å². The molecule has 1 N–H and O–H groups in total. The Hall–Kier alpha value is -1.81. The summed E-state index contributed by atoms with van der Waals surface area (Å²) in [4.78, 5) is 12.9. The Balaban J connectivity index is 1.46. The predicted molar refractivity (Wildman–Crippen MR) is 109 cm³/mol. The van der Waals surface area contributed by atoms with Crippen molar-refractivity contribution in [2.45, 2.75) is 64.4 Å². The molecule has 0 unspecified atom stereocenters. The molecule has 0 bridgehead atoms. The molecule has 0 atom stereocenters. The molecule has 1 heterocycles. The van der Waals surface area contributed by atoms with Crippen molar-refractivity contribution in [3.8, 4) is 5.75 Å². The predicted octanol–water partition coefficient (Wildman–Crippen LogP) is 4.99. The first-order valence-corrected chi connectivity index (χ1v) is 10.5. The fourth-order valence-electron chi connectivity index (χ4n) is 4.23. The molecule has 0 spiro atoms. The van der Waals surface area contributed by atoms with Crippen molar-refractivity contribution < 1.29 is 14.6 Å². The zero-order valence-corrected chi connectivity index (χ0v) is 16.5. The summed E-state index contributed by atoms with van der Waals surface area (Å²) in [5.74, 6) is 1.18. The van der Waals surface area contributed by atoms with Crippen molar-refractivity contribution in [2.75, 3.05) is 19.6 Å². The van der Waals surface area contributed by atoms with Gasteiger partial charge in [-0.1, -0.05) is 31.6 Å². The summed E-state index contributed by atoms with van der Waals surface area (Å²) in [6, 6.07) is 8.58. The van der Waals surface area contributed by atoms with E-state index in [1.807, 2.05) is 0 Å². The Kier molecular flexibility index (Phi) is 7.33. The Morgan fingerprint density at radius 1 is 1.19 bits per heavy atom. The van der Waals surface area contributed by atoms with Gasteiger partial charge in [0.2, 0.25) is 0 Å². The molecule has 0 saturated heterocycles. The molecule has 1 aromatic carbocycles. The SMILES string of the molecule is CCC1CCC(Oc2ccc(C3=CCN(CCCC(=O)O)CC3)cc2)CC1. The number of carboxylic acid groups (broad SMARTS) is 1. The van der Waals surface area contributed by atoms with E-state index in [2.05, 4.69) is 42.2 Å². The molecule has 1 fully saturated rings. The van der Waals surface area contributed by atoms with Crippen LogP contribution in [0, 0.1) is 5.92 Å². The molecule has 1 aromatic rings. The Morgan fingerprint density at radius 3 is 2.52 bits per heavy atom. The fourth-order valence-corrected chi connectivity index (χ4v) is 4.23. The number of rotatable bonds is 8. The molecule has 1 aliphatic carbocycles. The minimum absolute atomic E-state index is 0.259. The van der Waals surface area contributed by atoms with E-state index < -0.39 is 5.97 Å². The molecule has 27 heavy (non-hydrogen) atoms. The molecule has 1 saturated carbocycles. The van der Waals surface area contributed by atoms with Crippen molar-refractivity contribution in [1.82, 2.24) is 4.90 Å². The lowest BCUT2D eigenvalue weighted by atomic mass is 9.86. The van der Waals surface area contributed by atoms with E-state index in [1.54, 1.807) is 0 Å². The Labute approximate surface area is 163 Å². The van der Waals surface area contributed by atoms with Gasteiger partial charge in [0.15, 0.2) is 0 Å². The molecule has 1 aliphatic heterocycles. The minimum Gasteiger partial charge on any atom is -0.490 e. The minimum atomic E-state index is -0.705. The van der Waals surface area contributed by atoms with Crippen LogP contribution >= 0.6 is 0 Å². The largest absolute Gasteiger partial charge is 0.490 e. The summed E-state index contributed by atoms with van der Waals surface area (Å²) in [5.41, 5.74) is 2.67. The zero-order valence-electron chi connectivity index (χ0n) is 16.5. The summed E-state index contributed by atoms with van der Waals surface area (Å²) in [5, 5.41) is 8.74. The number of carbonyl (C=O) groups is 1. The van der Waals surface area contributed by atoms with Crippen LogP contribution in [0.1, 0.15) is 63.9 Å². The van der Waals surface area contributed by atoms with E-state index in [4.69, 9.17) is 9.84 Å². The van der Waals surface area contributed by atoms with Gasteiger partial charge in [0, 0.05) is 19.5 Å². The fraction of sp³-hybridized carbons (Fsp3) is 0.609. The smallest absolute Gasteiger partial charge is 0.303 e. The van der Waals surface area contributed by atoms with Crippen LogP contribution in [0.3, 0.4) is 0 Å². The number of benzene rings is 1. The number of hydrogen-bond acceptors (Lipinski definition) is 3. The maximum atomic E-state index is 10.6. The Morgan fingerprint density at radius 2 is 1.93 bits per heavy atom. The van der Waals surface area contributed by atoms with Gasteiger partial charge in [-0.2, -0.15) is 0 Å². The van der Waals surface area contributed by atoms with Gasteiger partial charge in [-0.05, 0) is 74.3 Å². The molecule has 148 valence electrons. The highest BCUT2D eigenvalue weighted by molar-refractivity contribution is 5.67. The highest BCUT2D eigenvalue weighted by atomic mass is 16.5. The van der Waals surface area contributed by atoms with E-state index in [9.17, 15) is 4.79 Å². The number of aliphatic carboxylic acids is 1. The van der Waals surface area contributed by atoms with Crippen LogP contribution in [-0.4, -0.2) is 41.7 Å². The molecule has 0 aromatic heterocycles. The summed E-state index contributed by atoms with van der Waals surface area (Å²) < 4.78 is 6.20. The van der Waals surface area contributed by atoms with Gasteiger partial charge in [-0.25, -0.2) is 0 Å². The standard InChI is InChI=1S/C23H33NO3/c1-2-18-5-9-21(10-6-18)27-22-11-7-19(8-12-22)20-13-16-24(17-14-20)15-3-4-23(25)26/h7-8,11-13,18,21H,2-6,9-10,14-17H2,1H3,(H,25,26). The second-order valence-corrected chi connectivity index (χ2v) is 7.97. The van der Waals surface area contributed by atoms with E-state index in [1.165, 1.54) is 43.2 Å². The van der Waals surface area contributed by atoms with Crippen molar-refractivity contribution in [1.29, 1.82) is 0 Å². The van der Waals surface area contributed by atoms with E-state index >= 15 is 0 Å². The average molecular weight is 372 g/mol. The summed E-state index contributed by atoms with van der Waals surface area (Å²) in [6.45, 7) is 5.07. The maximum absolute atomic E-state index is 10.6. The van der Waals surface area contributed by atoms with Gasteiger partial charge in [0.1, 0.15) is 5.75 Å². The highest BCUT2D eigenvalue weighted by Gasteiger charge is 2.21. The van der Waals surface area contributed by atoms with Crippen molar-refractivity contribution >= 4 is 11.5 Å². The topological polar surface area (TPSA) is 49.8 Å². The Bertz CT molecular complexity index is 630. The number of nitrogens with zero attached hydrogens (tertiary/aromatic N) is 1. The molecule has 4 nitrogen and oxygen atoms in total. The van der Waals surface area contributed by atoms with Crippen molar-refractivity contribution in [2.24, 2.45) is 5.92 Å². The number of carboxylic acids is 1. The monoisotopic (exact) mass is 371 g/mol. The van der Waals surface area contributed by atoms with Gasteiger partial charge in [0.05, 0.1) is 6.10 Å². The normalized spacial score (nSPS) is 23.7. The van der Waals surface area contributed by atoms with Gasteiger partial charge >= 0.3 is 5.97 Å². The van der Waals surface area contributed by atoms with Crippen LogP contribution in [-0.2, 0) is 4.79 Å². The van der Waals surface area contributed by atoms with Crippen LogP contribution < -0.4 is 4.74 Å². The first kappa shape index (κ1) is 19.9. The number of hydrogen-bond donors (Lipinski definition) is 1. The van der Waals surface area contributed by atoms with Gasteiger partial charge in [-0.15, -0.1) is 0 Å². The molecular formula is C23H33NO3. The second-order valence-electron chi connectivity index (χ2n) is 7.97. The molecule has 0 amide bonds. The second kappa shape index (κ2) is 9.93. The first-order chi connectivity index (χ1) is 13.1. The third kappa shape index (κ3) is 6.10. The zero-order chi connectivity index (χ0) is 19.1. The molecule has 4 heteroatoms. The van der Waals surface area contributed by atoms with Crippen LogP contribution in [0.4, 0.5) is 0 Å². The molecule has 3 rings (SSSR count). The third-order valence-corrected chi connectivity index (χ3v) is 6.06. The summed E-state index contributed by atoms with van der Waals surface area (Å²) >= 11 is 0. The highest BCUT2D eigenvalue weighted by Crippen LogP contribution is 2.30. The van der Waals surface area contributed by atoms with Crippen LogP contribution in [0.15, 0.2) is 30.3 Å². The van der Waals surface area contributed by atoms with E-state index in [-0.39, 0.29) is 6.42 Å². The van der Waals surface area contributed by atoms with Gasteiger partial charge in [-0.3, -0.25) is 9.69 Å². The van der Waals surface area contributed by atoms with Crippen LogP contribution in [0.5, 0.6) is 5.75 Å². The summed E-state index contributed by atoms with van der Waals surface area (Å²) in [6.07, 6.45) is 10.9. The molecule has 0 radical (unpaired) electrons. The first-order valence-electron chi connectivity index (χ1n) is 10.5. The number of ether oxygens (including phenoxy) is 1. The lowest BCUT2D eigenvalue weighted by Gasteiger charge is -2.28. The maximum Gasteiger partial charge on any atom is 0.303 e. The lowest BCUT2D eigenvalue weighted by Crippen LogP contribution is -2.29. The lowest BCUT2D eigenvalue weighted by molar-refractivity contribution is -0.137. The molecular weight excluding hydrogens is 338 g/mol. The van der Waals surface area contributed by atoms with E-state index in [0.29, 0.717) is 6.10 Å². The van der Waals surface area contributed by atoms with Crippen LogP contribution in [0.25, 0.3) is 5.57 Å². The average Bonchev–Trinajstić information content (AvgIpc) is 2.69. The quantitative estimate of drug-likeness (QED) is 0.699. The summed E-state index contributed by atoms with van der Waals surface area (Å²) in [7, 11) is 0. The molecule has 2 aliphatic rings. The van der Waals surface area contributed by atoms with Gasteiger partial charge in [0.25, 0.3) is 0 Å². The van der Waals surface area contributed by atoms with Crippen molar-refractivity contribution in [3.05, 3.63) is 35.9 Å².